The summed E-state index contributed by atoms with van der Waals surface area (Å²) >= 11 is 3.39. The van der Waals surface area contributed by atoms with Gasteiger partial charge < -0.3 is 20.9 Å². The van der Waals surface area contributed by atoms with E-state index < -0.39 is 0 Å². The normalized spacial score (nSPS) is 10.1. The molecule has 1 aromatic heterocycles. The number of aromatic nitrogens is 1. The van der Waals surface area contributed by atoms with Crippen LogP contribution >= 0.6 is 15.9 Å². The first-order valence-corrected chi connectivity index (χ1v) is 5.93. The van der Waals surface area contributed by atoms with Gasteiger partial charge in [-0.25, -0.2) is 0 Å². The van der Waals surface area contributed by atoms with E-state index in [0.29, 0.717) is 17.3 Å². The average Bonchev–Trinajstić information content (AvgIpc) is 2.36. The van der Waals surface area contributed by atoms with Crippen LogP contribution in [-0.2, 0) is 0 Å². The summed E-state index contributed by atoms with van der Waals surface area (Å²) in [7, 11) is 1.60. The molecule has 0 bridgehead atoms. The maximum Gasteiger partial charge on any atom is 0.221 e. The highest BCUT2D eigenvalue weighted by molar-refractivity contribution is 9.10. The SMILES string of the molecule is COc1ccc(Oc2ccc(N)c(N)n2)c(Br)c1. The number of hydrogen-bond acceptors (Lipinski definition) is 5. The summed E-state index contributed by atoms with van der Waals surface area (Å²) in [5.41, 5.74) is 11.6. The third kappa shape index (κ3) is 2.65. The van der Waals surface area contributed by atoms with Crippen molar-refractivity contribution in [2.24, 2.45) is 0 Å². The Morgan fingerprint density at radius 1 is 1.17 bits per heavy atom. The fourth-order valence-electron chi connectivity index (χ4n) is 1.33. The monoisotopic (exact) mass is 309 g/mol. The first kappa shape index (κ1) is 12.5. The lowest BCUT2D eigenvalue weighted by Gasteiger charge is -2.09. The summed E-state index contributed by atoms with van der Waals surface area (Å²) in [6, 6.07) is 8.67. The molecular weight excluding hydrogens is 298 g/mol. The van der Waals surface area contributed by atoms with Crippen molar-refractivity contribution in [1.82, 2.24) is 4.98 Å². The third-order valence-corrected chi connectivity index (χ3v) is 2.91. The van der Waals surface area contributed by atoms with Crippen molar-refractivity contribution in [3.8, 4) is 17.4 Å². The van der Waals surface area contributed by atoms with E-state index in [0.717, 1.165) is 10.2 Å². The predicted molar refractivity (Wildman–Crippen MR) is 73.8 cm³/mol. The van der Waals surface area contributed by atoms with E-state index >= 15 is 0 Å². The summed E-state index contributed by atoms with van der Waals surface area (Å²) in [5, 5.41) is 0. The minimum absolute atomic E-state index is 0.247. The molecule has 1 aromatic carbocycles. The second-order valence-corrected chi connectivity index (χ2v) is 4.38. The number of halogens is 1. The van der Waals surface area contributed by atoms with Crippen LogP contribution in [0.2, 0.25) is 0 Å². The predicted octanol–water partition coefficient (Wildman–Crippen LogP) is 2.81. The Hall–Kier alpha value is -1.95. The van der Waals surface area contributed by atoms with E-state index in [1.165, 1.54) is 0 Å². The summed E-state index contributed by atoms with van der Waals surface area (Å²) in [6.45, 7) is 0. The van der Waals surface area contributed by atoms with Crippen molar-refractivity contribution in [2.45, 2.75) is 0 Å². The lowest BCUT2D eigenvalue weighted by molar-refractivity contribution is 0.411. The van der Waals surface area contributed by atoms with E-state index in [-0.39, 0.29) is 5.82 Å². The number of ether oxygens (including phenoxy) is 2. The highest BCUT2D eigenvalue weighted by Crippen LogP contribution is 2.32. The largest absolute Gasteiger partial charge is 0.497 e. The van der Waals surface area contributed by atoms with Gasteiger partial charge in [-0.3, -0.25) is 0 Å². The summed E-state index contributed by atoms with van der Waals surface area (Å²) in [6.07, 6.45) is 0. The molecule has 0 radical (unpaired) electrons. The van der Waals surface area contributed by atoms with Crippen LogP contribution in [-0.4, -0.2) is 12.1 Å². The van der Waals surface area contributed by atoms with Gasteiger partial charge in [0.25, 0.3) is 0 Å². The number of benzene rings is 1. The van der Waals surface area contributed by atoms with Crippen LogP contribution in [0.3, 0.4) is 0 Å². The standard InChI is InChI=1S/C12H12BrN3O2/c1-17-7-2-4-10(8(13)6-7)18-11-5-3-9(14)12(15)16-11/h2-6H,14H2,1H3,(H2,15,16). The number of anilines is 2. The first-order chi connectivity index (χ1) is 8.60. The molecule has 0 spiro atoms. The highest BCUT2D eigenvalue weighted by Gasteiger charge is 2.06. The van der Waals surface area contributed by atoms with Gasteiger partial charge in [-0.1, -0.05) is 0 Å². The van der Waals surface area contributed by atoms with Crippen LogP contribution < -0.4 is 20.9 Å². The fourth-order valence-corrected chi connectivity index (χ4v) is 1.77. The number of hydrogen-bond donors (Lipinski definition) is 2. The molecular formula is C12H12BrN3O2. The molecule has 2 rings (SSSR count). The van der Waals surface area contributed by atoms with Crippen molar-refractivity contribution >= 4 is 27.4 Å². The van der Waals surface area contributed by atoms with Gasteiger partial charge in [-0.15, -0.1) is 0 Å². The number of nitrogen functional groups attached to an aromatic ring is 2. The van der Waals surface area contributed by atoms with Crippen LogP contribution in [0.25, 0.3) is 0 Å². The Morgan fingerprint density at radius 3 is 2.56 bits per heavy atom. The topological polar surface area (TPSA) is 83.4 Å². The molecule has 6 heteroatoms. The fraction of sp³-hybridized carbons (Fsp3) is 0.0833. The van der Waals surface area contributed by atoms with Gasteiger partial charge in [-0.2, -0.15) is 4.98 Å². The van der Waals surface area contributed by atoms with Crippen LogP contribution in [0, 0.1) is 0 Å². The summed E-state index contributed by atoms with van der Waals surface area (Å²) in [4.78, 5) is 4.03. The molecule has 0 fully saturated rings. The second-order valence-electron chi connectivity index (χ2n) is 3.52. The molecule has 2 aromatic rings. The molecule has 0 saturated carbocycles. The van der Waals surface area contributed by atoms with Gasteiger partial charge in [-0.05, 0) is 40.2 Å². The molecule has 4 N–H and O–H groups in total. The Labute approximate surface area is 113 Å². The summed E-state index contributed by atoms with van der Waals surface area (Å²) in [5.74, 6) is 1.98. The molecule has 94 valence electrons. The van der Waals surface area contributed by atoms with E-state index in [1.54, 1.807) is 37.4 Å². The zero-order valence-corrected chi connectivity index (χ0v) is 11.3. The maximum absolute atomic E-state index is 5.61. The first-order valence-electron chi connectivity index (χ1n) is 5.13. The molecule has 0 unspecified atom stereocenters. The van der Waals surface area contributed by atoms with Gasteiger partial charge in [0.15, 0.2) is 5.82 Å². The Balaban J connectivity index is 2.25. The minimum atomic E-state index is 0.247. The number of pyridine rings is 1. The van der Waals surface area contributed by atoms with E-state index in [1.807, 2.05) is 0 Å². The minimum Gasteiger partial charge on any atom is -0.497 e. The molecule has 0 aliphatic carbocycles. The molecule has 5 nitrogen and oxygen atoms in total. The molecule has 0 saturated heterocycles. The zero-order chi connectivity index (χ0) is 13.1. The van der Waals surface area contributed by atoms with Crippen LogP contribution in [0.1, 0.15) is 0 Å². The number of nitrogens with zero attached hydrogens (tertiary/aromatic N) is 1. The van der Waals surface area contributed by atoms with E-state index in [4.69, 9.17) is 20.9 Å². The molecule has 0 aliphatic rings. The molecule has 1 heterocycles. The van der Waals surface area contributed by atoms with Crippen molar-refractivity contribution in [1.29, 1.82) is 0 Å². The van der Waals surface area contributed by atoms with Gasteiger partial charge >= 0.3 is 0 Å². The van der Waals surface area contributed by atoms with E-state index in [2.05, 4.69) is 20.9 Å². The van der Waals surface area contributed by atoms with Crippen molar-refractivity contribution < 1.29 is 9.47 Å². The Kier molecular flexibility index (Phi) is 3.57. The third-order valence-electron chi connectivity index (χ3n) is 2.29. The maximum atomic E-state index is 5.61. The number of nitrogens with two attached hydrogens (primary N) is 2. The zero-order valence-electron chi connectivity index (χ0n) is 9.68. The number of methoxy groups -OCH3 is 1. The molecule has 0 aliphatic heterocycles. The van der Waals surface area contributed by atoms with Crippen LogP contribution in [0.5, 0.6) is 17.4 Å². The quantitative estimate of drug-likeness (QED) is 0.911. The Morgan fingerprint density at radius 2 is 1.94 bits per heavy atom. The van der Waals surface area contributed by atoms with Crippen LogP contribution in [0.4, 0.5) is 11.5 Å². The Bertz CT molecular complexity index is 575. The van der Waals surface area contributed by atoms with E-state index in [9.17, 15) is 0 Å². The van der Waals surface area contributed by atoms with Crippen molar-refractivity contribution in [3.05, 3.63) is 34.8 Å². The van der Waals surface area contributed by atoms with Crippen molar-refractivity contribution in [3.63, 3.8) is 0 Å². The lowest BCUT2D eigenvalue weighted by Crippen LogP contribution is -1.99. The van der Waals surface area contributed by atoms with Gasteiger partial charge in [0, 0.05) is 6.07 Å². The average molecular weight is 310 g/mol. The highest BCUT2D eigenvalue weighted by atomic mass is 79.9. The van der Waals surface area contributed by atoms with Gasteiger partial charge in [0.2, 0.25) is 5.88 Å². The van der Waals surface area contributed by atoms with Crippen LogP contribution in [0.15, 0.2) is 34.8 Å². The molecule has 18 heavy (non-hydrogen) atoms. The molecule has 0 amide bonds. The molecule has 0 atom stereocenters. The van der Waals surface area contributed by atoms with Gasteiger partial charge in [0.1, 0.15) is 11.5 Å². The number of rotatable bonds is 3. The second kappa shape index (κ2) is 5.14. The lowest BCUT2D eigenvalue weighted by atomic mass is 10.3. The summed E-state index contributed by atoms with van der Waals surface area (Å²) < 4.78 is 11.5. The van der Waals surface area contributed by atoms with Gasteiger partial charge in [0.05, 0.1) is 17.3 Å². The smallest absolute Gasteiger partial charge is 0.221 e. The van der Waals surface area contributed by atoms with Crippen molar-refractivity contribution in [2.75, 3.05) is 18.6 Å².